The summed E-state index contributed by atoms with van der Waals surface area (Å²) in [6, 6.07) is 2.71. The number of carbonyl (C=O) groups excluding carboxylic acids is 1. The number of hydrogen-bond donors (Lipinski definition) is 2. The Morgan fingerprint density at radius 2 is 1.93 bits per heavy atom. The zero-order chi connectivity index (χ0) is 20.4. The molecule has 0 spiro atoms. The van der Waals surface area contributed by atoms with E-state index in [-0.39, 0.29) is 12.8 Å². The predicted molar refractivity (Wildman–Crippen MR) is 105 cm³/mol. The van der Waals surface area contributed by atoms with Crippen molar-refractivity contribution in [1.82, 2.24) is 5.32 Å². The molecule has 1 aromatic carbocycles. The van der Waals surface area contributed by atoms with Gasteiger partial charge in [-0.05, 0) is 43.9 Å². The van der Waals surface area contributed by atoms with E-state index in [0.717, 1.165) is 21.9 Å². The normalized spacial score (nSPS) is 12.4. The molecule has 3 rings (SSSR count). The Hall–Kier alpha value is -3.09. The summed E-state index contributed by atoms with van der Waals surface area (Å²) in [5.41, 5.74) is 2.75. The highest BCUT2D eigenvalue weighted by atomic mass is 16.4. The molecule has 0 saturated heterocycles. The lowest BCUT2D eigenvalue weighted by molar-refractivity contribution is -0.142. The maximum absolute atomic E-state index is 12.4. The topological polar surface area (TPSA) is 110 Å². The SMILES string of the molecule is CCCC(NC(=O)CCc1c(C)c2cc3c(C)coc3cc2oc1=O)C(=O)O. The van der Waals surface area contributed by atoms with Gasteiger partial charge in [0.05, 0.1) is 6.26 Å². The fraction of sp³-hybridized carbons (Fsp3) is 0.381. The molecule has 0 radical (unpaired) electrons. The van der Waals surface area contributed by atoms with Crippen LogP contribution in [0.15, 0.2) is 32.0 Å². The summed E-state index contributed by atoms with van der Waals surface area (Å²) in [4.78, 5) is 35.8. The molecule has 2 N–H and O–H groups in total. The minimum Gasteiger partial charge on any atom is -0.480 e. The molecule has 0 bridgehead atoms. The molecule has 0 aliphatic carbocycles. The van der Waals surface area contributed by atoms with Crippen LogP contribution in [-0.2, 0) is 16.0 Å². The smallest absolute Gasteiger partial charge is 0.339 e. The van der Waals surface area contributed by atoms with E-state index >= 15 is 0 Å². The maximum Gasteiger partial charge on any atom is 0.339 e. The zero-order valence-electron chi connectivity index (χ0n) is 16.1. The highest BCUT2D eigenvalue weighted by Gasteiger charge is 2.20. The van der Waals surface area contributed by atoms with Crippen LogP contribution in [0.2, 0.25) is 0 Å². The van der Waals surface area contributed by atoms with Crippen molar-refractivity contribution in [3.8, 4) is 0 Å². The van der Waals surface area contributed by atoms with Crippen LogP contribution in [0.25, 0.3) is 21.9 Å². The number of amides is 1. The van der Waals surface area contributed by atoms with Crippen molar-refractivity contribution < 1.29 is 23.5 Å². The second-order valence-electron chi connectivity index (χ2n) is 7.00. The van der Waals surface area contributed by atoms with E-state index in [1.807, 2.05) is 26.8 Å². The summed E-state index contributed by atoms with van der Waals surface area (Å²) in [5.74, 6) is -1.46. The van der Waals surface area contributed by atoms with Gasteiger partial charge in [0.2, 0.25) is 5.91 Å². The number of aliphatic carboxylic acids is 1. The van der Waals surface area contributed by atoms with Gasteiger partial charge in [0.15, 0.2) is 0 Å². The molecule has 7 nitrogen and oxygen atoms in total. The van der Waals surface area contributed by atoms with E-state index in [1.54, 1.807) is 12.3 Å². The van der Waals surface area contributed by atoms with Crippen molar-refractivity contribution in [2.24, 2.45) is 0 Å². The Balaban J connectivity index is 1.85. The molecule has 2 heterocycles. The molecule has 28 heavy (non-hydrogen) atoms. The molecule has 0 aliphatic heterocycles. The van der Waals surface area contributed by atoms with Gasteiger partial charge in [0.25, 0.3) is 0 Å². The Morgan fingerprint density at radius 1 is 1.18 bits per heavy atom. The molecule has 7 heteroatoms. The average molecular weight is 385 g/mol. The highest BCUT2D eigenvalue weighted by Crippen LogP contribution is 2.29. The zero-order valence-corrected chi connectivity index (χ0v) is 16.1. The van der Waals surface area contributed by atoms with E-state index in [0.29, 0.717) is 29.6 Å². The molecule has 1 amide bonds. The van der Waals surface area contributed by atoms with Crippen LogP contribution in [-0.4, -0.2) is 23.0 Å². The molecular formula is C21H23NO6. The fourth-order valence-electron chi connectivity index (χ4n) is 3.38. The number of furan rings is 1. The third-order valence-corrected chi connectivity index (χ3v) is 4.99. The number of hydrogen-bond acceptors (Lipinski definition) is 5. The first-order valence-electron chi connectivity index (χ1n) is 9.28. The number of rotatable bonds is 7. The van der Waals surface area contributed by atoms with Crippen LogP contribution in [0.5, 0.6) is 0 Å². The fourth-order valence-corrected chi connectivity index (χ4v) is 3.38. The third kappa shape index (κ3) is 3.78. The number of benzene rings is 1. The Morgan fingerprint density at radius 3 is 2.61 bits per heavy atom. The Kier molecular flexibility index (Phi) is 5.53. The van der Waals surface area contributed by atoms with Gasteiger partial charge in [-0.25, -0.2) is 9.59 Å². The summed E-state index contributed by atoms with van der Waals surface area (Å²) in [7, 11) is 0. The van der Waals surface area contributed by atoms with Gasteiger partial charge in [-0.2, -0.15) is 0 Å². The van der Waals surface area contributed by atoms with Crippen molar-refractivity contribution in [2.75, 3.05) is 0 Å². The summed E-state index contributed by atoms with van der Waals surface area (Å²) >= 11 is 0. The van der Waals surface area contributed by atoms with Crippen molar-refractivity contribution >= 4 is 33.8 Å². The molecule has 148 valence electrons. The molecule has 0 fully saturated rings. The monoisotopic (exact) mass is 385 g/mol. The first-order valence-corrected chi connectivity index (χ1v) is 9.28. The van der Waals surface area contributed by atoms with Gasteiger partial charge in [-0.1, -0.05) is 13.3 Å². The highest BCUT2D eigenvalue weighted by molar-refractivity contribution is 5.96. The summed E-state index contributed by atoms with van der Waals surface area (Å²) in [6.45, 7) is 5.61. The Bertz CT molecular complexity index is 1110. The summed E-state index contributed by atoms with van der Waals surface area (Å²) in [5, 5.41) is 13.4. The molecule has 2 aromatic heterocycles. The summed E-state index contributed by atoms with van der Waals surface area (Å²) in [6.07, 6.45) is 2.84. The van der Waals surface area contributed by atoms with Crippen molar-refractivity contribution in [3.63, 3.8) is 0 Å². The van der Waals surface area contributed by atoms with E-state index in [2.05, 4.69) is 5.32 Å². The van der Waals surface area contributed by atoms with Crippen molar-refractivity contribution in [2.45, 2.75) is 52.5 Å². The van der Waals surface area contributed by atoms with Crippen molar-refractivity contribution in [3.05, 3.63) is 45.5 Å². The van der Waals surface area contributed by atoms with E-state index in [4.69, 9.17) is 13.9 Å². The van der Waals surface area contributed by atoms with E-state index in [9.17, 15) is 14.4 Å². The lowest BCUT2D eigenvalue weighted by Crippen LogP contribution is -2.40. The lowest BCUT2D eigenvalue weighted by atomic mass is 10.0. The van der Waals surface area contributed by atoms with Gasteiger partial charge >= 0.3 is 11.6 Å². The standard InChI is InChI=1S/C21H23NO6/c1-4-5-16(20(24)25)22-19(23)7-6-13-12(3)15-8-14-11(2)10-27-17(14)9-18(15)28-21(13)26/h8-10,16H,4-7H2,1-3H3,(H,22,23)(H,24,25). The second-order valence-corrected chi connectivity index (χ2v) is 7.00. The first-order chi connectivity index (χ1) is 13.3. The quantitative estimate of drug-likeness (QED) is 0.603. The molecule has 3 aromatic rings. The minimum atomic E-state index is -1.06. The molecule has 0 saturated carbocycles. The van der Waals surface area contributed by atoms with Gasteiger partial charge < -0.3 is 19.3 Å². The van der Waals surface area contributed by atoms with Crippen LogP contribution < -0.4 is 10.9 Å². The second kappa shape index (κ2) is 7.88. The van der Waals surface area contributed by atoms with Crippen LogP contribution in [0.4, 0.5) is 0 Å². The number of carboxylic acids is 1. The number of aryl methyl sites for hydroxylation is 2. The molecule has 1 atom stereocenters. The van der Waals surface area contributed by atoms with E-state index in [1.165, 1.54) is 0 Å². The molecule has 1 unspecified atom stereocenters. The van der Waals surface area contributed by atoms with Crippen molar-refractivity contribution in [1.29, 1.82) is 0 Å². The molecular weight excluding hydrogens is 362 g/mol. The van der Waals surface area contributed by atoms with Crippen LogP contribution in [0.1, 0.15) is 42.9 Å². The number of nitrogens with one attached hydrogen (secondary N) is 1. The van der Waals surface area contributed by atoms with Gasteiger partial charge in [0, 0.05) is 28.8 Å². The number of fused-ring (bicyclic) bond motifs is 2. The average Bonchev–Trinajstić information content (AvgIpc) is 3.00. The third-order valence-electron chi connectivity index (χ3n) is 4.99. The van der Waals surface area contributed by atoms with Gasteiger partial charge in [-0.15, -0.1) is 0 Å². The van der Waals surface area contributed by atoms with Gasteiger partial charge in [-0.3, -0.25) is 4.79 Å². The minimum absolute atomic E-state index is 0.0115. The maximum atomic E-state index is 12.4. The van der Waals surface area contributed by atoms with Gasteiger partial charge in [0.1, 0.15) is 17.2 Å². The Labute approximate surface area is 161 Å². The van der Waals surface area contributed by atoms with Crippen LogP contribution >= 0.6 is 0 Å². The predicted octanol–water partition coefficient (Wildman–Crippen LogP) is 3.46. The number of carboxylic acid groups (broad SMARTS) is 1. The molecule has 0 aliphatic rings. The first kappa shape index (κ1) is 19.7. The number of carbonyl (C=O) groups is 2. The summed E-state index contributed by atoms with van der Waals surface area (Å²) < 4.78 is 10.9. The van der Waals surface area contributed by atoms with E-state index < -0.39 is 23.5 Å². The van der Waals surface area contributed by atoms with Crippen LogP contribution in [0, 0.1) is 13.8 Å². The van der Waals surface area contributed by atoms with Crippen LogP contribution in [0.3, 0.4) is 0 Å². The largest absolute Gasteiger partial charge is 0.480 e. The lowest BCUT2D eigenvalue weighted by Gasteiger charge is -2.13.